The fourth-order valence-corrected chi connectivity index (χ4v) is 2.33. The summed E-state index contributed by atoms with van der Waals surface area (Å²) in [5.41, 5.74) is 5.48. The second kappa shape index (κ2) is 4.59. The molecule has 1 saturated carbocycles. The molecule has 1 heterocycles. The van der Waals surface area contributed by atoms with Crippen molar-refractivity contribution in [2.45, 2.75) is 18.9 Å². The van der Waals surface area contributed by atoms with Crippen molar-refractivity contribution in [2.75, 3.05) is 6.54 Å². The SMILES string of the molecule is Cn1cc(Br)c(OC2CC(CN)C2)cc1=O. The number of aryl methyl sites for hydroxylation is 1. The van der Waals surface area contributed by atoms with Crippen LogP contribution in [-0.2, 0) is 7.05 Å². The highest BCUT2D eigenvalue weighted by molar-refractivity contribution is 9.10. The highest BCUT2D eigenvalue weighted by Crippen LogP contribution is 2.32. The van der Waals surface area contributed by atoms with E-state index in [4.69, 9.17) is 10.5 Å². The van der Waals surface area contributed by atoms with Crippen molar-refractivity contribution in [1.82, 2.24) is 4.57 Å². The largest absolute Gasteiger partial charge is 0.489 e. The molecular formula is C11H15BrN2O2. The molecule has 1 fully saturated rings. The molecule has 0 spiro atoms. The number of rotatable bonds is 3. The quantitative estimate of drug-likeness (QED) is 0.910. The van der Waals surface area contributed by atoms with Crippen molar-refractivity contribution in [2.24, 2.45) is 18.7 Å². The molecule has 0 aliphatic heterocycles. The van der Waals surface area contributed by atoms with E-state index < -0.39 is 0 Å². The van der Waals surface area contributed by atoms with E-state index in [0.717, 1.165) is 23.9 Å². The lowest BCUT2D eigenvalue weighted by molar-refractivity contribution is 0.0681. The average Bonchev–Trinajstić information content (AvgIpc) is 2.18. The van der Waals surface area contributed by atoms with Crippen LogP contribution in [-0.4, -0.2) is 17.2 Å². The minimum absolute atomic E-state index is 0.0621. The van der Waals surface area contributed by atoms with Crippen LogP contribution < -0.4 is 16.0 Å². The zero-order chi connectivity index (χ0) is 11.7. The van der Waals surface area contributed by atoms with Crippen molar-refractivity contribution in [3.63, 3.8) is 0 Å². The van der Waals surface area contributed by atoms with Gasteiger partial charge in [0.2, 0.25) is 0 Å². The van der Waals surface area contributed by atoms with Crippen molar-refractivity contribution in [3.05, 3.63) is 27.1 Å². The van der Waals surface area contributed by atoms with Gasteiger partial charge < -0.3 is 15.0 Å². The zero-order valence-electron chi connectivity index (χ0n) is 9.15. The number of ether oxygens (including phenoxy) is 1. The van der Waals surface area contributed by atoms with E-state index in [2.05, 4.69) is 15.9 Å². The number of halogens is 1. The van der Waals surface area contributed by atoms with E-state index in [9.17, 15) is 4.79 Å². The van der Waals surface area contributed by atoms with Gasteiger partial charge in [-0.1, -0.05) is 0 Å². The van der Waals surface area contributed by atoms with Crippen LogP contribution in [0.4, 0.5) is 0 Å². The number of nitrogens with zero attached hydrogens (tertiary/aromatic N) is 1. The average molecular weight is 287 g/mol. The molecule has 1 aromatic heterocycles. The molecule has 0 amide bonds. The van der Waals surface area contributed by atoms with Gasteiger partial charge >= 0.3 is 0 Å². The maximum Gasteiger partial charge on any atom is 0.254 e. The van der Waals surface area contributed by atoms with Crippen LogP contribution in [0.25, 0.3) is 0 Å². The van der Waals surface area contributed by atoms with Gasteiger partial charge in [-0.2, -0.15) is 0 Å². The Morgan fingerprint density at radius 2 is 2.31 bits per heavy atom. The summed E-state index contributed by atoms with van der Waals surface area (Å²) >= 11 is 3.39. The molecule has 0 atom stereocenters. The van der Waals surface area contributed by atoms with Crippen LogP contribution in [0.15, 0.2) is 21.5 Å². The van der Waals surface area contributed by atoms with Crippen molar-refractivity contribution in [1.29, 1.82) is 0 Å². The van der Waals surface area contributed by atoms with E-state index in [1.165, 1.54) is 10.6 Å². The molecule has 1 aliphatic carbocycles. The van der Waals surface area contributed by atoms with Crippen LogP contribution in [0.3, 0.4) is 0 Å². The maximum atomic E-state index is 11.4. The lowest BCUT2D eigenvalue weighted by Crippen LogP contribution is -2.38. The molecular weight excluding hydrogens is 272 g/mol. The second-order valence-electron chi connectivity index (χ2n) is 4.25. The van der Waals surface area contributed by atoms with Crippen LogP contribution >= 0.6 is 15.9 Å². The van der Waals surface area contributed by atoms with Gasteiger partial charge in [0.15, 0.2) is 0 Å². The Morgan fingerprint density at radius 3 is 2.94 bits per heavy atom. The Morgan fingerprint density at radius 1 is 1.62 bits per heavy atom. The molecule has 0 unspecified atom stereocenters. The third-order valence-electron chi connectivity index (χ3n) is 2.96. The highest BCUT2D eigenvalue weighted by Gasteiger charge is 2.30. The summed E-state index contributed by atoms with van der Waals surface area (Å²) in [6.07, 6.45) is 3.89. The first kappa shape index (κ1) is 11.7. The van der Waals surface area contributed by atoms with Gasteiger partial charge in [0.25, 0.3) is 5.56 Å². The second-order valence-corrected chi connectivity index (χ2v) is 5.10. The summed E-state index contributed by atoms with van der Waals surface area (Å²) in [6, 6.07) is 1.51. The lowest BCUT2D eigenvalue weighted by atomic mass is 9.82. The molecule has 16 heavy (non-hydrogen) atoms. The fraction of sp³-hybridized carbons (Fsp3) is 0.545. The monoisotopic (exact) mass is 286 g/mol. The third-order valence-corrected chi connectivity index (χ3v) is 3.56. The van der Waals surface area contributed by atoms with E-state index in [1.807, 2.05) is 0 Å². The maximum absolute atomic E-state index is 11.4. The number of aromatic nitrogens is 1. The molecule has 1 aliphatic rings. The van der Waals surface area contributed by atoms with E-state index in [1.54, 1.807) is 13.2 Å². The molecule has 88 valence electrons. The third kappa shape index (κ3) is 2.30. The summed E-state index contributed by atoms with van der Waals surface area (Å²) < 4.78 is 8.06. The van der Waals surface area contributed by atoms with Crippen LogP contribution in [0.1, 0.15) is 12.8 Å². The highest BCUT2D eigenvalue weighted by atomic mass is 79.9. The summed E-state index contributed by atoms with van der Waals surface area (Å²) in [4.78, 5) is 11.4. The Hall–Kier alpha value is -0.810. The predicted octanol–water partition coefficient (Wildman–Crippen LogP) is 1.26. The standard InChI is InChI=1S/C11H15BrN2O2/c1-14-6-9(12)10(4-11(14)15)16-8-2-7(3-8)5-13/h4,6-8H,2-3,5,13H2,1H3. The normalized spacial score (nSPS) is 23.9. The molecule has 0 bridgehead atoms. The Bertz CT molecular complexity index is 438. The smallest absolute Gasteiger partial charge is 0.254 e. The number of pyridine rings is 1. The molecule has 4 nitrogen and oxygen atoms in total. The summed E-state index contributed by atoms with van der Waals surface area (Å²) in [5.74, 6) is 1.21. The fourth-order valence-electron chi connectivity index (χ4n) is 1.81. The Balaban J connectivity index is 2.05. The first-order chi connectivity index (χ1) is 7.60. The van der Waals surface area contributed by atoms with Gasteiger partial charge in [0, 0.05) is 19.3 Å². The summed E-state index contributed by atoms with van der Waals surface area (Å²) in [5, 5.41) is 0. The van der Waals surface area contributed by atoms with E-state index in [0.29, 0.717) is 11.7 Å². The first-order valence-corrected chi connectivity index (χ1v) is 6.12. The lowest BCUT2D eigenvalue weighted by Gasteiger charge is -2.34. The van der Waals surface area contributed by atoms with Crippen LogP contribution in [0, 0.1) is 5.92 Å². The number of nitrogens with two attached hydrogens (primary N) is 1. The van der Waals surface area contributed by atoms with E-state index in [-0.39, 0.29) is 11.7 Å². The van der Waals surface area contributed by atoms with Crippen LogP contribution in [0.2, 0.25) is 0 Å². The molecule has 0 aromatic carbocycles. The number of hydrogen-bond acceptors (Lipinski definition) is 3. The minimum Gasteiger partial charge on any atom is -0.489 e. The minimum atomic E-state index is -0.0621. The molecule has 1 aromatic rings. The molecule has 2 rings (SSSR count). The van der Waals surface area contributed by atoms with Crippen molar-refractivity contribution >= 4 is 15.9 Å². The van der Waals surface area contributed by atoms with Crippen molar-refractivity contribution in [3.8, 4) is 5.75 Å². The van der Waals surface area contributed by atoms with E-state index >= 15 is 0 Å². The molecule has 0 saturated heterocycles. The Labute approximate surface area is 103 Å². The van der Waals surface area contributed by atoms with Gasteiger partial charge in [-0.25, -0.2) is 0 Å². The number of hydrogen-bond donors (Lipinski definition) is 1. The Kier molecular flexibility index (Phi) is 3.35. The van der Waals surface area contributed by atoms with Gasteiger partial charge in [-0.15, -0.1) is 0 Å². The topological polar surface area (TPSA) is 57.2 Å². The van der Waals surface area contributed by atoms with Crippen LogP contribution in [0.5, 0.6) is 5.75 Å². The molecule has 5 heteroatoms. The van der Waals surface area contributed by atoms with Gasteiger partial charge in [-0.05, 0) is 41.2 Å². The predicted molar refractivity (Wildman–Crippen MR) is 65.6 cm³/mol. The molecule has 0 radical (unpaired) electrons. The van der Waals surface area contributed by atoms with Crippen molar-refractivity contribution < 1.29 is 4.74 Å². The summed E-state index contributed by atoms with van der Waals surface area (Å²) in [6.45, 7) is 0.720. The molecule has 2 N–H and O–H groups in total. The van der Waals surface area contributed by atoms with Gasteiger partial charge in [-0.3, -0.25) is 4.79 Å². The first-order valence-electron chi connectivity index (χ1n) is 5.33. The zero-order valence-corrected chi connectivity index (χ0v) is 10.7. The summed E-state index contributed by atoms with van der Waals surface area (Å²) in [7, 11) is 1.71. The van der Waals surface area contributed by atoms with Gasteiger partial charge in [0.05, 0.1) is 10.6 Å². The van der Waals surface area contributed by atoms with Gasteiger partial charge in [0.1, 0.15) is 5.75 Å².